The first-order valence-corrected chi connectivity index (χ1v) is 7.07. The zero-order valence-corrected chi connectivity index (χ0v) is 11.5. The van der Waals surface area contributed by atoms with E-state index in [1.54, 1.807) is 0 Å². The van der Waals surface area contributed by atoms with Crippen LogP contribution in [0.25, 0.3) is 21.8 Å². The molecule has 102 valence electrons. The van der Waals surface area contributed by atoms with Gasteiger partial charge in [0.2, 0.25) is 0 Å². The summed E-state index contributed by atoms with van der Waals surface area (Å²) in [4.78, 5) is 3.42. The first kappa shape index (κ1) is 12.0. The molecule has 1 N–H and O–H groups in total. The minimum Gasteiger partial charge on any atom is -0.489 e. The quantitative estimate of drug-likeness (QED) is 0.564. The molecule has 0 fully saturated rings. The Kier molecular flexibility index (Phi) is 2.86. The van der Waals surface area contributed by atoms with Gasteiger partial charge in [-0.1, -0.05) is 48.5 Å². The predicted molar refractivity (Wildman–Crippen MR) is 86.6 cm³/mol. The number of fused-ring (bicyclic) bond motifs is 3. The topological polar surface area (TPSA) is 25.0 Å². The van der Waals surface area contributed by atoms with Gasteiger partial charge in [0.1, 0.15) is 12.4 Å². The summed E-state index contributed by atoms with van der Waals surface area (Å²) in [7, 11) is 0. The Balaban J connectivity index is 1.68. The summed E-state index contributed by atoms with van der Waals surface area (Å²) in [6.07, 6.45) is 0. The number of benzene rings is 3. The first-order valence-electron chi connectivity index (χ1n) is 7.07. The van der Waals surface area contributed by atoms with E-state index in [9.17, 15) is 0 Å². The number of aromatic nitrogens is 1. The second kappa shape index (κ2) is 4.98. The fourth-order valence-electron chi connectivity index (χ4n) is 2.66. The molecule has 4 rings (SSSR count). The van der Waals surface area contributed by atoms with Crippen LogP contribution in [0.15, 0.2) is 72.8 Å². The van der Waals surface area contributed by atoms with Crippen LogP contribution in [0.3, 0.4) is 0 Å². The Morgan fingerprint density at radius 3 is 2.38 bits per heavy atom. The van der Waals surface area contributed by atoms with Crippen molar-refractivity contribution < 1.29 is 4.74 Å². The van der Waals surface area contributed by atoms with Crippen LogP contribution in [0.5, 0.6) is 5.75 Å². The number of rotatable bonds is 3. The molecule has 0 radical (unpaired) electrons. The summed E-state index contributed by atoms with van der Waals surface area (Å²) in [5.74, 6) is 0.899. The summed E-state index contributed by atoms with van der Waals surface area (Å²) in [5.41, 5.74) is 3.48. The van der Waals surface area contributed by atoms with Crippen molar-refractivity contribution >= 4 is 21.8 Å². The van der Waals surface area contributed by atoms with Crippen LogP contribution < -0.4 is 4.74 Å². The average molecular weight is 273 g/mol. The van der Waals surface area contributed by atoms with Gasteiger partial charge in [-0.2, -0.15) is 0 Å². The number of para-hydroxylation sites is 1. The summed E-state index contributed by atoms with van der Waals surface area (Å²) in [6, 6.07) is 24.8. The standard InChI is InChI=1S/C19H15NO/c1-2-6-14(7-3-1)13-21-15-10-11-19-17(12-15)16-8-4-5-9-18(16)20-19/h1-12,20H,13H2. The summed E-state index contributed by atoms with van der Waals surface area (Å²) in [6.45, 7) is 0.592. The van der Waals surface area contributed by atoms with Crippen LogP contribution >= 0.6 is 0 Å². The molecule has 2 heteroatoms. The molecule has 0 aliphatic rings. The molecule has 1 aromatic heterocycles. The lowest BCUT2D eigenvalue weighted by atomic mass is 10.1. The predicted octanol–water partition coefficient (Wildman–Crippen LogP) is 4.90. The van der Waals surface area contributed by atoms with Gasteiger partial charge in [-0.25, -0.2) is 0 Å². The van der Waals surface area contributed by atoms with Gasteiger partial charge in [0.05, 0.1) is 0 Å². The second-order valence-corrected chi connectivity index (χ2v) is 5.15. The van der Waals surface area contributed by atoms with E-state index in [0.717, 1.165) is 16.8 Å². The molecule has 4 aromatic rings. The van der Waals surface area contributed by atoms with Crippen LogP contribution in [-0.2, 0) is 6.61 Å². The Morgan fingerprint density at radius 1 is 0.714 bits per heavy atom. The van der Waals surface area contributed by atoms with Crippen molar-refractivity contribution in [3.8, 4) is 5.75 Å². The van der Waals surface area contributed by atoms with Gasteiger partial charge in [-0.15, -0.1) is 0 Å². The summed E-state index contributed by atoms with van der Waals surface area (Å²) < 4.78 is 5.90. The third-order valence-corrected chi connectivity index (χ3v) is 3.73. The lowest BCUT2D eigenvalue weighted by molar-refractivity contribution is 0.306. The molecule has 0 atom stereocenters. The SMILES string of the molecule is c1ccc(COc2ccc3[nH]c4ccccc4c3c2)cc1. The minimum atomic E-state index is 0.592. The van der Waals surface area contributed by atoms with Crippen LogP contribution in [0.2, 0.25) is 0 Å². The van der Waals surface area contributed by atoms with Crippen molar-refractivity contribution in [1.82, 2.24) is 4.98 Å². The van der Waals surface area contributed by atoms with Crippen LogP contribution in [-0.4, -0.2) is 4.98 Å². The Labute approximate surface area is 123 Å². The third-order valence-electron chi connectivity index (χ3n) is 3.73. The van der Waals surface area contributed by atoms with Crippen LogP contribution in [0, 0.1) is 0 Å². The number of nitrogens with one attached hydrogen (secondary N) is 1. The molecule has 0 spiro atoms. The van der Waals surface area contributed by atoms with Gasteiger partial charge in [0, 0.05) is 21.8 Å². The Morgan fingerprint density at radius 2 is 1.48 bits per heavy atom. The van der Waals surface area contributed by atoms with E-state index >= 15 is 0 Å². The smallest absolute Gasteiger partial charge is 0.120 e. The van der Waals surface area contributed by atoms with Gasteiger partial charge >= 0.3 is 0 Å². The van der Waals surface area contributed by atoms with Crippen molar-refractivity contribution in [1.29, 1.82) is 0 Å². The van der Waals surface area contributed by atoms with E-state index in [1.165, 1.54) is 16.3 Å². The molecule has 0 aliphatic carbocycles. The first-order chi connectivity index (χ1) is 10.4. The molecule has 2 nitrogen and oxygen atoms in total. The molecule has 3 aromatic carbocycles. The Hall–Kier alpha value is -2.74. The van der Waals surface area contributed by atoms with E-state index in [4.69, 9.17) is 4.74 Å². The molecular formula is C19H15NO. The van der Waals surface area contributed by atoms with E-state index in [1.807, 2.05) is 30.3 Å². The van der Waals surface area contributed by atoms with Gasteiger partial charge < -0.3 is 9.72 Å². The number of hydrogen-bond acceptors (Lipinski definition) is 1. The molecule has 21 heavy (non-hydrogen) atoms. The zero-order valence-electron chi connectivity index (χ0n) is 11.5. The molecule has 0 aliphatic heterocycles. The average Bonchev–Trinajstić information content (AvgIpc) is 2.92. The molecule has 0 saturated carbocycles. The second-order valence-electron chi connectivity index (χ2n) is 5.15. The number of H-pyrrole nitrogens is 1. The largest absolute Gasteiger partial charge is 0.489 e. The molecule has 0 saturated heterocycles. The fourth-order valence-corrected chi connectivity index (χ4v) is 2.66. The highest BCUT2D eigenvalue weighted by molar-refractivity contribution is 6.07. The normalized spacial score (nSPS) is 11.0. The highest BCUT2D eigenvalue weighted by atomic mass is 16.5. The highest BCUT2D eigenvalue weighted by Gasteiger charge is 2.05. The van der Waals surface area contributed by atoms with Gasteiger partial charge in [-0.05, 0) is 29.8 Å². The highest BCUT2D eigenvalue weighted by Crippen LogP contribution is 2.28. The number of ether oxygens (including phenoxy) is 1. The third kappa shape index (κ3) is 2.25. The van der Waals surface area contributed by atoms with Crippen molar-refractivity contribution in [3.63, 3.8) is 0 Å². The van der Waals surface area contributed by atoms with Crippen molar-refractivity contribution in [2.45, 2.75) is 6.61 Å². The van der Waals surface area contributed by atoms with Crippen molar-refractivity contribution in [2.75, 3.05) is 0 Å². The summed E-state index contributed by atoms with van der Waals surface area (Å²) in [5, 5.41) is 2.44. The molecule has 0 bridgehead atoms. The number of aromatic amines is 1. The molecule has 1 heterocycles. The summed E-state index contributed by atoms with van der Waals surface area (Å²) >= 11 is 0. The minimum absolute atomic E-state index is 0.592. The van der Waals surface area contributed by atoms with E-state index in [0.29, 0.717) is 6.61 Å². The Bertz CT molecular complexity index is 893. The van der Waals surface area contributed by atoms with Gasteiger partial charge in [-0.3, -0.25) is 0 Å². The fraction of sp³-hybridized carbons (Fsp3) is 0.0526. The van der Waals surface area contributed by atoms with Crippen molar-refractivity contribution in [3.05, 3.63) is 78.4 Å². The maximum Gasteiger partial charge on any atom is 0.120 e. The number of hydrogen-bond donors (Lipinski definition) is 1. The lowest BCUT2D eigenvalue weighted by Crippen LogP contribution is -1.94. The molecule has 0 amide bonds. The van der Waals surface area contributed by atoms with Crippen molar-refractivity contribution in [2.24, 2.45) is 0 Å². The lowest BCUT2D eigenvalue weighted by Gasteiger charge is -2.06. The van der Waals surface area contributed by atoms with Gasteiger partial charge in [0.25, 0.3) is 0 Å². The maximum absolute atomic E-state index is 5.90. The van der Waals surface area contributed by atoms with Crippen LogP contribution in [0.4, 0.5) is 0 Å². The molecule has 0 unspecified atom stereocenters. The van der Waals surface area contributed by atoms with Crippen LogP contribution in [0.1, 0.15) is 5.56 Å². The zero-order chi connectivity index (χ0) is 14.1. The maximum atomic E-state index is 5.90. The van der Waals surface area contributed by atoms with E-state index in [-0.39, 0.29) is 0 Å². The van der Waals surface area contributed by atoms with E-state index in [2.05, 4.69) is 47.4 Å². The molecular weight excluding hydrogens is 258 g/mol. The monoisotopic (exact) mass is 273 g/mol. The van der Waals surface area contributed by atoms with Gasteiger partial charge in [0.15, 0.2) is 0 Å². The van der Waals surface area contributed by atoms with E-state index < -0.39 is 0 Å².